The van der Waals surface area contributed by atoms with Crippen molar-refractivity contribution in [2.75, 3.05) is 11.9 Å². The summed E-state index contributed by atoms with van der Waals surface area (Å²) in [7, 11) is 1.83. The summed E-state index contributed by atoms with van der Waals surface area (Å²) in [5.74, 6) is 1.46. The maximum Gasteiger partial charge on any atom is 0.265 e. The van der Waals surface area contributed by atoms with Gasteiger partial charge >= 0.3 is 0 Å². The van der Waals surface area contributed by atoms with Crippen LogP contribution in [0.15, 0.2) is 23.8 Å². The number of carbonyl (C=O) groups is 1. The van der Waals surface area contributed by atoms with Crippen molar-refractivity contribution in [1.29, 1.82) is 0 Å². The Hall–Kier alpha value is -1.66. The first kappa shape index (κ1) is 14.0. The van der Waals surface area contributed by atoms with E-state index in [-0.39, 0.29) is 5.91 Å². The summed E-state index contributed by atoms with van der Waals surface area (Å²) in [5, 5.41) is 12.7. The van der Waals surface area contributed by atoms with Gasteiger partial charge in [0.15, 0.2) is 0 Å². The van der Waals surface area contributed by atoms with Crippen LogP contribution in [-0.2, 0) is 7.05 Å². The molecule has 0 aromatic carbocycles. The topological polar surface area (TPSA) is 59.0 Å². The second-order valence-electron chi connectivity index (χ2n) is 6.40. The molecule has 2 atom stereocenters. The van der Waals surface area contributed by atoms with Crippen LogP contribution in [0.4, 0.5) is 5.69 Å². The third-order valence-corrected chi connectivity index (χ3v) is 5.34. The summed E-state index contributed by atoms with van der Waals surface area (Å²) in [6, 6.07) is 2.66. The smallest absolute Gasteiger partial charge is 0.265 e. The van der Waals surface area contributed by atoms with Gasteiger partial charge in [-0.3, -0.25) is 9.48 Å². The third kappa shape index (κ3) is 3.08. The molecule has 6 heteroatoms. The number of anilines is 1. The van der Waals surface area contributed by atoms with Crippen LogP contribution in [0, 0.1) is 5.92 Å². The van der Waals surface area contributed by atoms with Crippen LogP contribution in [0.1, 0.15) is 40.4 Å². The number of carbonyl (C=O) groups excluding carboxylic acids is 1. The molecule has 1 amide bonds. The number of nitrogens with one attached hydrogen (secondary N) is 2. The second-order valence-corrected chi connectivity index (χ2v) is 7.31. The molecule has 0 saturated heterocycles. The average molecular weight is 316 g/mol. The summed E-state index contributed by atoms with van der Waals surface area (Å²) in [6.07, 6.45) is 7.44. The van der Waals surface area contributed by atoms with E-state index in [9.17, 15) is 4.79 Å². The number of thiophene rings is 1. The molecule has 2 aromatic heterocycles. The largest absolute Gasteiger partial charge is 0.319 e. The lowest BCUT2D eigenvalue weighted by Crippen LogP contribution is -2.20. The molecule has 2 aromatic rings. The molecular weight excluding hydrogens is 296 g/mol. The maximum atomic E-state index is 12.2. The quantitative estimate of drug-likeness (QED) is 0.861. The highest BCUT2D eigenvalue weighted by atomic mass is 32.1. The minimum Gasteiger partial charge on any atom is -0.319 e. The van der Waals surface area contributed by atoms with E-state index in [4.69, 9.17) is 0 Å². The number of hydrogen-bond acceptors (Lipinski definition) is 4. The number of aryl methyl sites for hydroxylation is 1. The van der Waals surface area contributed by atoms with E-state index in [1.54, 1.807) is 17.1 Å². The van der Waals surface area contributed by atoms with Gasteiger partial charge in [-0.2, -0.15) is 5.10 Å². The van der Waals surface area contributed by atoms with Gasteiger partial charge in [-0.1, -0.05) is 0 Å². The number of aromatic nitrogens is 2. The van der Waals surface area contributed by atoms with Crippen LogP contribution in [0.25, 0.3) is 0 Å². The number of hydrogen-bond donors (Lipinski definition) is 2. The minimum absolute atomic E-state index is 0.0487. The van der Waals surface area contributed by atoms with Crippen LogP contribution in [0.2, 0.25) is 0 Å². The lowest BCUT2D eigenvalue weighted by Gasteiger charge is -2.01. The van der Waals surface area contributed by atoms with Gasteiger partial charge in [0, 0.05) is 25.2 Å². The Labute approximate surface area is 133 Å². The summed E-state index contributed by atoms with van der Waals surface area (Å²) in [4.78, 5) is 13.0. The Morgan fingerprint density at radius 2 is 2.36 bits per heavy atom. The van der Waals surface area contributed by atoms with Gasteiger partial charge in [0.05, 0.1) is 16.8 Å². The Kier molecular flexibility index (Phi) is 3.50. The molecule has 2 saturated carbocycles. The second kappa shape index (κ2) is 5.52. The SMILES string of the molecule is Cn1cc(NC(=O)c2cc([C@@H]3C[C@H]3NCC3CC3)cs2)cn1. The zero-order valence-corrected chi connectivity index (χ0v) is 13.4. The van der Waals surface area contributed by atoms with Gasteiger partial charge in [0.25, 0.3) is 5.91 Å². The standard InChI is InChI=1S/C16H20N4OS/c1-20-8-12(7-18-20)19-16(21)15-4-11(9-22-15)13-5-14(13)17-6-10-2-3-10/h4,7-10,13-14,17H,2-3,5-6H2,1H3,(H,19,21)/t13-,14+/m0/s1. The number of amides is 1. The molecule has 0 spiro atoms. The van der Waals surface area contributed by atoms with E-state index in [0.29, 0.717) is 12.0 Å². The van der Waals surface area contributed by atoms with E-state index >= 15 is 0 Å². The Morgan fingerprint density at radius 1 is 1.50 bits per heavy atom. The molecule has 0 aliphatic heterocycles. The van der Waals surface area contributed by atoms with Gasteiger partial charge in [0.2, 0.25) is 0 Å². The molecule has 22 heavy (non-hydrogen) atoms. The molecule has 0 radical (unpaired) electrons. The molecule has 5 nitrogen and oxygen atoms in total. The van der Waals surface area contributed by atoms with E-state index in [0.717, 1.165) is 16.5 Å². The Morgan fingerprint density at radius 3 is 3.09 bits per heavy atom. The van der Waals surface area contributed by atoms with E-state index in [1.165, 1.54) is 42.7 Å². The zero-order chi connectivity index (χ0) is 15.1. The van der Waals surface area contributed by atoms with Crippen molar-refractivity contribution in [2.24, 2.45) is 13.0 Å². The Bertz CT molecular complexity index is 688. The lowest BCUT2D eigenvalue weighted by atomic mass is 10.2. The lowest BCUT2D eigenvalue weighted by molar-refractivity contribution is 0.103. The van der Waals surface area contributed by atoms with Crippen LogP contribution < -0.4 is 10.6 Å². The molecule has 2 fully saturated rings. The van der Waals surface area contributed by atoms with E-state index in [1.807, 2.05) is 13.1 Å². The van der Waals surface area contributed by atoms with Crippen molar-refractivity contribution in [3.63, 3.8) is 0 Å². The van der Waals surface area contributed by atoms with Gasteiger partial charge in [0.1, 0.15) is 0 Å². The Balaban J connectivity index is 1.34. The average Bonchev–Trinajstić information content (AvgIpc) is 3.38. The third-order valence-electron chi connectivity index (χ3n) is 4.39. The summed E-state index contributed by atoms with van der Waals surface area (Å²) < 4.78 is 1.68. The predicted molar refractivity (Wildman–Crippen MR) is 87.4 cm³/mol. The zero-order valence-electron chi connectivity index (χ0n) is 12.6. The highest BCUT2D eigenvalue weighted by molar-refractivity contribution is 7.12. The first-order valence-corrected chi connectivity index (χ1v) is 8.69. The van der Waals surface area contributed by atoms with E-state index < -0.39 is 0 Å². The molecule has 116 valence electrons. The molecule has 4 rings (SSSR count). The first-order chi connectivity index (χ1) is 10.7. The van der Waals surface area contributed by atoms with Crippen molar-refractivity contribution in [3.05, 3.63) is 34.3 Å². The van der Waals surface area contributed by atoms with E-state index in [2.05, 4.69) is 21.1 Å². The monoisotopic (exact) mass is 316 g/mol. The van der Waals surface area contributed by atoms with Gasteiger partial charge in [-0.15, -0.1) is 11.3 Å². The number of rotatable bonds is 6. The maximum absolute atomic E-state index is 12.2. The molecule has 2 N–H and O–H groups in total. The summed E-state index contributed by atoms with van der Waals surface area (Å²) in [6.45, 7) is 1.17. The normalized spacial score (nSPS) is 23.5. The van der Waals surface area contributed by atoms with Crippen molar-refractivity contribution in [3.8, 4) is 0 Å². The fourth-order valence-electron chi connectivity index (χ4n) is 2.77. The first-order valence-electron chi connectivity index (χ1n) is 7.81. The molecule has 2 aliphatic rings. The summed E-state index contributed by atoms with van der Waals surface area (Å²) >= 11 is 1.52. The van der Waals surface area contributed by atoms with Crippen molar-refractivity contribution < 1.29 is 4.79 Å². The minimum atomic E-state index is -0.0487. The molecule has 2 heterocycles. The van der Waals surface area contributed by atoms with Crippen LogP contribution in [-0.4, -0.2) is 28.3 Å². The van der Waals surface area contributed by atoms with Gasteiger partial charge in [-0.25, -0.2) is 0 Å². The van der Waals surface area contributed by atoms with Crippen LogP contribution >= 0.6 is 11.3 Å². The highest BCUT2D eigenvalue weighted by Gasteiger charge is 2.39. The van der Waals surface area contributed by atoms with Crippen LogP contribution in [0.5, 0.6) is 0 Å². The molecule has 2 aliphatic carbocycles. The van der Waals surface area contributed by atoms with Gasteiger partial charge in [-0.05, 0) is 48.7 Å². The molecular formula is C16H20N4OS. The molecule has 0 bridgehead atoms. The summed E-state index contributed by atoms with van der Waals surface area (Å²) in [5.41, 5.74) is 2.03. The van der Waals surface area contributed by atoms with Crippen molar-refractivity contribution in [1.82, 2.24) is 15.1 Å². The van der Waals surface area contributed by atoms with Crippen molar-refractivity contribution >= 4 is 22.9 Å². The van der Waals surface area contributed by atoms with Crippen molar-refractivity contribution in [2.45, 2.75) is 31.2 Å². The fraction of sp³-hybridized carbons (Fsp3) is 0.500. The number of nitrogens with zero attached hydrogens (tertiary/aromatic N) is 2. The predicted octanol–water partition coefficient (Wildman–Crippen LogP) is 2.59. The molecule has 0 unspecified atom stereocenters. The van der Waals surface area contributed by atoms with Gasteiger partial charge < -0.3 is 10.6 Å². The fourth-order valence-corrected chi connectivity index (χ4v) is 3.64. The van der Waals surface area contributed by atoms with Crippen LogP contribution in [0.3, 0.4) is 0 Å². The highest BCUT2D eigenvalue weighted by Crippen LogP contribution is 2.43.